The molecule has 0 fully saturated rings. The average molecular weight is 506 g/mol. The predicted octanol–water partition coefficient (Wildman–Crippen LogP) is 4.11. The number of imide groups is 1. The van der Waals surface area contributed by atoms with Crippen LogP contribution >= 0.6 is 11.6 Å². The lowest BCUT2D eigenvalue weighted by Gasteiger charge is -2.19. The van der Waals surface area contributed by atoms with Gasteiger partial charge in [0.25, 0.3) is 17.7 Å². The molecule has 0 radical (unpaired) electrons. The van der Waals surface area contributed by atoms with E-state index < -0.39 is 11.8 Å². The van der Waals surface area contributed by atoms with Crippen LogP contribution in [0.15, 0.2) is 83.5 Å². The number of hydrogen-bond donors (Lipinski definition) is 2. The third kappa shape index (κ3) is 5.18. The summed E-state index contributed by atoms with van der Waals surface area (Å²) >= 11 is 6.27. The fourth-order valence-corrected chi connectivity index (χ4v) is 3.96. The highest BCUT2D eigenvalue weighted by atomic mass is 35.5. The standard InChI is InChI=1S/C27H24ClN3O5/c1-35-20-11-12-22(36-2)21(16-20)31-26(33)23(28)24(27(31)34)30-19-10-6-9-18(15-19)25(32)29-14-13-17-7-4-3-5-8-17/h3-12,15-16,30H,13-14H2,1-2H3,(H,29,32). The Kier molecular flexibility index (Phi) is 7.56. The Morgan fingerprint density at radius 3 is 2.42 bits per heavy atom. The van der Waals surface area contributed by atoms with E-state index in [4.69, 9.17) is 21.1 Å². The van der Waals surface area contributed by atoms with Crippen LogP contribution in [-0.4, -0.2) is 38.5 Å². The number of benzene rings is 3. The second kappa shape index (κ2) is 11.0. The van der Waals surface area contributed by atoms with Crippen molar-refractivity contribution in [1.82, 2.24) is 5.32 Å². The van der Waals surface area contributed by atoms with Gasteiger partial charge in [0, 0.05) is 23.9 Å². The fraction of sp³-hybridized carbons (Fsp3) is 0.148. The molecule has 0 aromatic heterocycles. The zero-order valence-corrected chi connectivity index (χ0v) is 20.5. The summed E-state index contributed by atoms with van der Waals surface area (Å²) < 4.78 is 10.5. The summed E-state index contributed by atoms with van der Waals surface area (Å²) in [5.41, 5.74) is 2.05. The number of rotatable bonds is 9. The molecule has 4 rings (SSSR count). The van der Waals surface area contributed by atoms with Crippen molar-refractivity contribution in [3.05, 3.63) is 94.7 Å². The van der Waals surface area contributed by atoms with Gasteiger partial charge in [-0.25, -0.2) is 4.90 Å². The Bertz CT molecular complexity index is 1340. The molecule has 0 aliphatic carbocycles. The van der Waals surface area contributed by atoms with Crippen molar-refractivity contribution in [2.45, 2.75) is 6.42 Å². The number of hydrogen-bond acceptors (Lipinski definition) is 6. The molecule has 0 unspecified atom stereocenters. The smallest absolute Gasteiger partial charge is 0.283 e. The van der Waals surface area contributed by atoms with Crippen LogP contribution < -0.4 is 25.0 Å². The highest BCUT2D eigenvalue weighted by Crippen LogP contribution is 2.37. The normalized spacial score (nSPS) is 13.1. The van der Waals surface area contributed by atoms with Gasteiger partial charge in [-0.05, 0) is 42.3 Å². The molecular weight excluding hydrogens is 482 g/mol. The number of anilines is 2. The summed E-state index contributed by atoms with van der Waals surface area (Å²) in [6.45, 7) is 0.474. The molecule has 36 heavy (non-hydrogen) atoms. The maximum absolute atomic E-state index is 13.2. The Morgan fingerprint density at radius 2 is 1.69 bits per heavy atom. The molecule has 3 amide bonds. The summed E-state index contributed by atoms with van der Waals surface area (Å²) in [6, 6.07) is 21.2. The lowest BCUT2D eigenvalue weighted by atomic mass is 10.1. The molecule has 3 aromatic carbocycles. The highest BCUT2D eigenvalue weighted by molar-refractivity contribution is 6.53. The summed E-state index contributed by atoms with van der Waals surface area (Å²) in [6.07, 6.45) is 0.702. The first kappa shape index (κ1) is 24.8. The van der Waals surface area contributed by atoms with Crippen molar-refractivity contribution in [2.24, 2.45) is 0 Å². The molecule has 2 N–H and O–H groups in total. The zero-order chi connectivity index (χ0) is 25.7. The molecule has 3 aromatic rings. The third-order valence-electron chi connectivity index (χ3n) is 5.59. The van der Waals surface area contributed by atoms with Gasteiger partial charge >= 0.3 is 0 Å². The van der Waals surface area contributed by atoms with E-state index in [1.807, 2.05) is 30.3 Å². The van der Waals surface area contributed by atoms with E-state index in [-0.39, 0.29) is 22.3 Å². The van der Waals surface area contributed by atoms with Crippen molar-refractivity contribution in [2.75, 3.05) is 31.0 Å². The fourth-order valence-electron chi connectivity index (χ4n) is 3.75. The first-order chi connectivity index (χ1) is 17.4. The third-order valence-corrected chi connectivity index (χ3v) is 5.94. The molecule has 1 aliphatic heterocycles. The van der Waals surface area contributed by atoms with Crippen LogP contribution in [0.5, 0.6) is 11.5 Å². The van der Waals surface area contributed by atoms with Gasteiger partial charge in [-0.1, -0.05) is 48.0 Å². The van der Waals surface area contributed by atoms with Crippen molar-refractivity contribution in [3.63, 3.8) is 0 Å². The van der Waals surface area contributed by atoms with E-state index in [0.717, 1.165) is 10.5 Å². The first-order valence-electron chi connectivity index (χ1n) is 11.1. The van der Waals surface area contributed by atoms with Crippen LogP contribution in [0.4, 0.5) is 11.4 Å². The Labute approximate surface area is 213 Å². The van der Waals surface area contributed by atoms with Gasteiger partial charge in [-0.2, -0.15) is 0 Å². The summed E-state index contributed by atoms with van der Waals surface area (Å²) in [5, 5.41) is 5.51. The van der Waals surface area contributed by atoms with Gasteiger partial charge in [-0.3, -0.25) is 14.4 Å². The van der Waals surface area contributed by atoms with Gasteiger partial charge in [0.2, 0.25) is 0 Å². The van der Waals surface area contributed by atoms with Crippen LogP contribution in [0.1, 0.15) is 15.9 Å². The number of nitrogens with zero attached hydrogens (tertiary/aromatic N) is 1. The van der Waals surface area contributed by atoms with Crippen molar-refractivity contribution >= 4 is 40.7 Å². The molecular formula is C27H24ClN3O5. The largest absolute Gasteiger partial charge is 0.497 e. The maximum atomic E-state index is 13.2. The predicted molar refractivity (Wildman–Crippen MR) is 137 cm³/mol. The minimum Gasteiger partial charge on any atom is -0.497 e. The Hall–Kier alpha value is -4.30. The van der Waals surface area contributed by atoms with E-state index >= 15 is 0 Å². The maximum Gasteiger partial charge on any atom is 0.283 e. The Morgan fingerprint density at radius 1 is 0.917 bits per heavy atom. The van der Waals surface area contributed by atoms with Gasteiger partial charge in [0.15, 0.2) is 0 Å². The summed E-state index contributed by atoms with van der Waals surface area (Å²) in [5.74, 6) is -0.877. The molecule has 0 bridgehead atoms. The monoisotopic (exact) mass is 505 g/mol. The number of amides is 3. The van der Waals surface area contributed by atoms with E-state index in [9.17, 15) is 14.4 Å². The Balaban J connectivity index is 1.48. The first-order valence-corrected chi connectivity index (χ1v) is 11.5. The minimum absolute atomic E-state index is 0.104. The SMILES string of the molecule is COc1ccc(OC)c(N2C(=O)C(Cl)=C(Nc3cccc(C(=O)NCCc4ccccc4)c3)C2=O)c1. The molecule has 0 saturated carbocycles. The van der Waals surface area contributed by atoms with E-state index in [1.165, 1.54) is 20.3 Å². The van der Waals surface area contributed by atoms with Crippen LogP contribution in [0.3, 0.4) is 0 Å². The van der Waals surface area contributed by atoms with Crippen molar-refractivity contribution < 1.29 is 23.9 Å². The van der Waals surface area contributed by atoms with E-state index in [1.54, 1.807) is 36.4 Å². The van der Waals surface area contributed by atoms with E-state index in [2.05, 4.69) is 10.6 Å². The number of ether oxygens (including phenoxy) is 2. The minimum atomic E-state index is -0.703. The number of carbonyl (C=O) groups excluding carboxylic acids is 3. The van der Waals surface area contributed by atoms with Crippen molar-refractivity contribution in [1.29, 1.82) is 0 Å². The van der Waals surface area contributed by atoms with E-state index in [0.29, 0.717) is 35.7 Å². The van der Waals surface area contributed by atoms with Crippen LogP contribution in [0.2, 0.25) is 0 Å². The van der Waals surface area contributed by atoms with Crippen LogP contribution in [0, 0.1) is 0 Å². The average Bonchev–Trinajstić information content (AvgIpc) is 3.11. The molecule has 0 atom stereocenters. The number of carbonyl (C=O) groups is 3. The van der Waals surface area contributed by atoms with Crippen molar-refractivity contribution in [3.8, 4) is 11.5 Å². The molecule has 8 nitrogen and oxygen atoms in total. The van der Waals surface area contributed by atoms with Crippen LogP contribution in [0.25, 0.3) is 0 Å². The highest BCUT2D eigenvalue weighted by Gasteiger charge is 2.40. The number of halogens is 1. The molecule has 9 heteroatoms. The summed E-state index contributed by atoms with van der Waals surface area (Å²) in [7, 11) is 2.91. The lowest BCUT2D eigenvalue weighted by molar-refractivity contribution is -0.120. The summed E-state index contributed by atoms with van der Waals surface area (Å²) in [4.78, 5) is 39.7. The van der Waals surface area contributed by atoms with Gasteiger partial charge in [-0.15, -0.1) is 0 Å². The van der Waals surface area contributed by atoms with Gasteiger partial charge in [0.1, 0.15) is 22.2 Å². The quantitative estimate of drug-likeness (QED) is 0.425. The van der Waals surface area contributed by atoms with Crippen LogP contribution in [-0.2, 0) is 16.0 Å². The second-order valence-electron chi connectivity index (χ2n) is 7.87. The lowest BCUT2D eigenvalue weighted by Crippen LogP contribution is -2.32. The molecule has 0 spiro atoms. The molecule has 1 aliphatic rings. The molecule has 184 valence electrons. The zero-order valence-electron chi connectivity index (χ0n) is 19.7. The molecule has 1 heterocycles. The molecule has 0 saturated heterocycles. The van der Waals surface area contributed by atoms with Gasteiger partial charge in [0.05, 0.1) is 19.9 Å². The second-order valence-corrected chi connectivity index (χ2v) is 8.25. The number of methoxy groups -OCH3 is 2. The van der Waals surface area contributed by atoms with Gasteiger partial charge < -0.3 is 20.1 Å². The number of nitrogens with one attached hydrogen (secondary N) is 2. The topological polar surface area (TPSA) is 97.0 Å².